The van der Waals surface area contributed by atoms with Gasteiger partial charge in [-0.15, -0.1) is 0 Å². The third-order valence-electron chi connectivity index (χ3n) is 12.5. The summed E-state index contributed by atoms with van der Waals surface area (Å²) in [7, 11) is 20.1. The van der Waals surface area contributed by atoms with Crippen LogP contribution in [0.4, 0.5) is 0 Å². The molecular weight excluding hydrogens is 747 g/mol. The predicted molar refractivity (Wildman–Crippen MR) is 211 cm³/mol. The van der Waals surface area contributed by atoms with Crippen LogP contribution in [0.5, 0.6) is 11.5 Å². The van der Waals surface area contributed by atoms with Gasteiger partial charge < -0.3 is 0 Å². The Hall–Kier alpha value is -3.62. The quantitative estimate of drug-likeness (QED) is 0.205. The number of methoxy groups -OCH3 is 2. The van der Waals surface area contributed by atoms with Crippen LogP contribution in [-0.4, -0.2) is 14.2 Å². The number of halogens is 2. The number of benzene rings is 4. The minimum atomic E-state index is -4.30. The van der Waals surface area contributed by atoms with Crippen LogP contribution in [0.15, 0.2) is 167 Å². The monoisotopic (exact) mass is 784 g/mol. The number of fused-ring (bicyclic) bond motifs is 4. The van der Waals surface area contributed by atoms with Crippen LogP contribution in [0.3, 0.4) is 0 Å². The molecule has 4 unspecified atom stereocenters. The number of rotatable bonds is 4. The van der Waals surface area contributed by atoms with Crippen molar-refractivity contribution in [2.75, 3.05) is 14.2 Å². The van der Waals surface area contributed by atoms with Crippen molar-refractivity contribution < 1.29 is 27.4 Å². The second kappa shape index (κ2) is 12.2. The van der Waals surface area contributed by atoms with Crippen LogP contribution < -0.4 is 9.47 Å². The van der Waals surface area contributed by atoms with Crippen molar-refractivity contribution in [3.05, 3.63) is 178 Å². The molecular formula is C46H40Cl2O2Zr. The summed E-state index contributed by atoms with van der Waals surface area (Å²) in [6.07, 6.45) is 24.9. The minimum absolute atomic E-state index is 0.108. The molecule has 4 aliphatic carbocycles. The zero-order valence-electron chi connectivity index (χ0n) is 29.3. The van der Waals surface area contributed by atoms with E-state index in [-0.39, 0.29) is 18.1 Å². The van der Waals surface area contributed by atoms with Gasteiger partial charge in [0, 0.05) is 0 Å². The molecule has 4 aromatic rings. The molecule has 4 aromatic carbocycles. The van der Waals surface area contributed by atoms with E-state index in [4.69, 9.17) is 26.5 Å². The van der Waals surface area contributed by atoms with Gasteiger partial charge in [0.2, 0.25) is 0 Å². The first-order chi connectivity index (χ1) is 24.7. The molecule has 0 bridgehead atoms. The fraction of sp³-hybridized carbons (Fsp3) is 0.217. The fourth-order valence-corrected chi connectivity index (χ4v) is 27.6. The van der Waals surface area contributed by atoms with E-state index in [0.29, 0.717) is 0 Å². The van der Waals surface area contributed by atoms with Gasteiger partial charge in [-0.05, 0) is 0 Å². The van der Waals surface area contributed by atoms with Crippen LogP contribution >= 0.6 is 17.0 Å². The van der Waals surface area contributed by atoms with Crippen molar-refractivity contribution in [3.8, 4) is 11.5 Å². The van der Waals surface area contributed by atoms with Gasteiger partial charge in [0.05, 0.1) is 0 Å². The van der Waals surface area contributed by atoms with Crippen molar-refractivity contribution in [2.24, 2.45) is 0 Å². The normalized spacial score (nSPS) is 27.3. The molecule has 0 aromatic heterocycles. The fourth-order valence-electron chi connectivity index (χ4n) is 9.90. The van der Waals surface area contributed by atoms with Crippen LogP contribution in [0.1, 0.15) is 49.7 Å². The summed E-state index contributed by atoms with van der Waals surface area (Å²) < 4.78 is 10.3. The molecule has 9 rings (SSSR count). The van der Waals surface area contributed by atoms with E-state index in [2.05, 4.69) is 135 Å². The molecule has 1 saturated heterocycles. The molecule has 4 atom stereocenters. The van der Waals surface area contributed by atoms with Gasteiger partial charge in [-0.2, -0.15) is 0 Å². The molecule has 51 heavy (non-hydrogen) atoms. The molecule has 1 heterocycles. The van der Waals surface area contributed by atoms with Crippen molar-refractivity contribution in [1.29, 1.82) is 0 Å². The summed E-state index contributed by atoms with van der Waals surface area (Å²) >= 11 is -4.30. The van der Waals surface area contributed by atoms with Gasteiger partial charge in [0.25, 0.3) is 0 Å². The SMILES string of the molecule is COc1ccc2cc(C3C=CC=CC4=C3C=C(C)[C]43CC[C]4(C(C)=CC5=C4C=CC=CC5c4ccc5cc(OC)ccc5c4)[Zr]3([Cl])[Cl])ccc2c1. The van der Waals surface area contributed by atoms with E-state index in [9.17, 15) is 0 Å². The van der Waals surface area contributed by atoms with Gasteiger partial charge in [-0.1, -0.05) is 0 Å². The molecule has 2 spiro atoms. The summed E-state index contributed by atoms with van der Waals surface area (Å²) in [5.41, 5.74) is 10.6. The summed E-state index contributed by atoms with van der Waals surface area (Å²) in [4.78, 5) is 0. The van der Waals surface area contributed by atoms with Crippen LogP contribution in [0.25, 0.3) is 21.5 Å². The van der Waals surface area contributed by atoms with Crippen molar-refractivity contribution in [1.82, 2.24) is 0 Å². The average molecular weight is 787 g/mol. The van der Waals surface area contributed by atoms with Crippen LogP contribution in [0, 0.1) is 0 Å². The third kappa shape index (κ3) is 4.70. The second-order valence-corrected chi connectivity index (χ2v) is 29.5. The Labute approximate surface area is 312 Å². The Balaban J connectivity index is 1.15. The molecule has 0 saturated carbocycles. The average Bonchev–Trinajstić information content (AvgIpc) is 3.51. The third-order valence-corrected chi connectivity index (χ3v) is 29.9. The van der Waals surface area contributed by atoms with Crippen molar-refractivity contribution in [2.45, 2.75) is 44.8 Å². The molecule has 5 aliphatic rings. The van der Waals surface area contributed by atoms with E-state index in [0.717, 1.165) is 24.3 Å². The Morgan fingerprint density at radius 2 is 0.980 bits per heavy atom. The first-order valence-electron chi connectivity index (χ1n) is 17.8. The van der Waals surface area contributed by atoms with Gasteiger partial charge in [-0.3, -0.25) is 0 Å². The molecule has 1 aliphatic heterocycles. The van der Waals surface area contributed by atoms with E-state index in [1.807, 2.05) is 12.1 Å². The van der Waals surface area contributed by atoms with Gasteiger partial charge in [0.1, 0.15) is 0 Å². The molecule has 1 fully saturated rings. The summed E-state index contributed by atoms with van der Waals surface area (Å²) in [6, 6.07) is 26.2. The molecule has 0 radical (unpaired) electrons. The zero-order valence-corrected chi connectivity index (χ0v) is 33.3. The van der Waals surface area contributed by atoms with Gasteiger partial charge in [-0.25, -0.2) is 0 Å². The Bertz CT molecular complexity index is 2250. The van der Waals surface area contributed by atoms with Crippen LogP contribution in [0.2, 0.25) is 6.25 Å². The molecule has 0 amide bonds. The molecule has 0 N–H and O–H groups in total. The van der Waals surface area contributed by atoms with Gasteiger partial charge in [0.15, 0.2) is 0 Å². The standard InChI is InChI=1S/C46H40O2.2ClH.Zr/c1-29-23-45-41(35-15-13-33-27-37(47-3)19-17-31(33)25-35)9-5-7-11-43(45)39(29)21-22-40-30(2)24-46-42(10-6-8-12-44(40)46)36-16-14-34-28-38(48-4)20-18-32(34)26-36;;;/h5-20,23-28,41-42H,21-22H2,1-4H3;2*1H;/q;;;+2/p-2. The maximum atomic E-state index is 8.32. The molecule has 2 nitrogen and oxygen atoms in total. The number of allylic oxidation sites excluding steroid dienone is 16. The van der Waals surface area contributed by atoms with E-state index in [1.54, 1.807) is 14.2 Å². The Morgan fingerprint density at radius 3 is 1.41 bits per heavy atom. The zero-order chi connectivity index (χ0) is 35.1. The first-order valence-corrected chi connectivity index (χ1v) is 26.6. The number of hydrogen-bond acceptors (Lipinski definition) is 2. The predicted octanol–water partition coefficient (Wildman–Crippen LogP) is 13.2. The van der Waals surface area contributed by atoms with E-state index in [1.165, 1.54) is 66.1 Å². The maximum absolute atomic E-state index is 8.32. The van der Waals surface area contributed by atoms with Gasteiger partial charge >= 0.3 is 315 Å². The summed E-state index contributed by atoms with van der Waals surface area (Å²) in [5, 5.41) is 4.76. The second-order valence-electron chi connectivity index (χ2n) is 14.7. The summed E-state index contributed by atoms with van der Waals surface area (Å²) in [5.74, 6) is 1.96. The van der Waals surface area contributed by atoms with Crippen LogP contribution in [-0.2, 0) is 17.9 Å². The summed E-state index contributed by atoms with van der Waals surface area (Å²) in [6.45, 7) is 4.60. The van der Waals surface area contributed by atoms with Crippen molar-refractivity contribution >= 4 is 38.6 Å². The topological polar surface area (TPSA) is 18.5 Å². The molecule has 5 heteroatoms. The Morgan fingerprint density at radius 1 is 0.569 bits per heavy atom. The number of ether oxygens (including phenoxy) is 2. The van der Waals surface area contributed by atoms with E-state index >= 15 is 0 Å². The first kappa shape index (κ1) is 33.2. The van der Waals surface area contributed by atoms with E-state index < -0.39 is 17.9 Å². The number of hydrogen-bond donors (Lipinski definition) is 0. The van der Waals surface area contributed by atoms with Crippen molar-refractivity contribution in [3.63, 3.8) is 0 Å². The Kier molecular flexibility index (Phi) is 7.97. The molecule has 254 valence electrons.